The van der Waals surface area contributed by atoms with Crippen LogP contribution < -0.4 is 0 Å². The Labute approximate surface area is 323 Å². The van der Waals surface area contributed by atoms with E-state index in [0.29, 0.717) is 11.4 Å². The zero-order valence-electron chi connectivity index (χ0n) is 30.3. The molecule has 0 N–H and O–H groups in total. The van der Waals surface area contributed by atoms with Gasteiger partial charge in [-0.15, -0.1) is 0 Å². The standard InChI is InChI=1S/C52H33N3O/c1-4-16-34(17-5-1)38-30-39(35-18-6-2-7-19-35)32-40(31-38)48-51-49(54-52(53-48)36-20-8-3-9-21-36)45-27-15-26-42(50(45)56-51)37-22-14-23-41(33-37)55-46-28-12-10-24-43(46)44-25-11-13-29-47(44)55/h1-33H. The molecule has 0 bridgehead atoms. The zero-order chi connectivity index (χ0) is 37.0. The minimum Gasteiger partial charge on any atom is -0.451 e. The van der Waals surface area contributed by atoms with Gasteiger partial charge in [0.25, 0.3) is 0 Å². The second-order valence-electron chi connectivity index (χ2n) is 14.2. The molecule has 3 heterocycles. The van der Waals surface area contributed by atoms with E-state index in [0.717, 1.165) is 72.4 Å². The molecule has 11 aromatic rings. The number of furan rings is 1. The van der Waals surface area contributed by atoms with Crippen LogP contribution in [-0.4, -0.2) is 14.5 Å². The summed E-state index contributed by atoms with van der Waals surface area (Å²) in [6.45, 7) is 0. The molecule has 8 aromatic carbocycles. The van der Waals surface area contributed by atoms with Gasteiger partial charge >= 0.3 is 0 Å². The largest absolute Gasteiger partial charge is 0.451 e. The van der Waals surface area contributed by atoms with Gasteiger partial charge in [0.2, 0.25) is 0 Å². The van der Waals surface area contributed by atoms with Crippen LogP contribution >= 0.6 is 0 Å². The van der Waals surface area contributed by atoms with E-state index in [1.54, 1.807) is 0 Å². The van der Waals surface area contributed by atoms with Gasteiger partial charge in [-0.05, 0) is 76.3 Å². The third-order valence-electron chi connectivity index (χ3n) is 10.8. The predicted octanol–water partition coefficient (Wildman–Crippen LogP) is 13.8. The van der Waals surface area contributed by atoms with E-state index in [9.17, 15) is 0 Å². The van der Waals surface area contributed by atoms with Crippen LogP contribution in [0.3, 0.4) is 0 Å². The third kappa shape index (κ3) is 5.31. The monoisotopic (exact) mass is 715 g/mol. The zero-order valence-corrected chi connectivity index (χ0v) is 30.3. The molecule has 0 aliphatic heterocycles. The second kappa shape index (κ2) is 13.1. The highest BCUT2D eigenvalue weighted by Crippen LogP contribution is 2.42. The van der Waals surface area contributed by atoms with Crippen molar-refractivity contribution in [1.29, 1.82) is 0 Å². The first kappa shape index (κ1) is 31.9. The van der Waals surface area contributed by atoms with Crippen molar-refractivity contribution in [3.05, 3.63) is 200 Å². The van der Waals surface area contributed by atoms with E-state index >= 15 is 0 Å². The van der Waals surface area contributed by atoms with Gasteiger partial charge in [-0.25, -0.2) is 9.97 Å². The van der Waals surface area contributed by atoms with E-state index in [1.165, 1.54) is 21.8 Å². The van der Waals surface area contributed by atoms with Crippen LogP contribution in [0.5, 0.6) is 0 Å². The maximum atomic E-state index is 7.04. The van der Waals surface area contributed by atoms with Crippen LogP contribution in [-0.2, 0) is 0 Å². The molecule has 0 unspecified atom stereocenters. The van der Waals surface area contributed by atoms with E-state index in [4.69, 9.17) is 14.4 Å². The molecule has 3 aromatic heterocycles. The molecule has 4 nitrogen and oxygen atoms in total. The summed E-state index contributed by atoms with van der Waals surface area (Å²) in [6.07, 6.45) is 0. The van der Waals surface area contributed by atoms with Gasteiger partial charge in [0.05, 0.1) is 11.0 Å². The molecule has 0 spiro atoms. The molecule has 4 heteroatoms. The topological polar surface area (TPSA) is 43.9 Å². The first-order valence-corrected chi connectivity index (χ1v) is 18.9. The fraction of sp³-hybridized carbons (Fsp3) is 0. The van der Waals surface area contributed by atoms with Gasteiger partial charge in [0.1, 0.15) is 16.8 Å². The molecule has 56 heavy (non-hydrogen) atoms. The fourth-order valence-corrected chi connectivity index (χ4v) is 8.18. The lowest BCUT2D eigenvalue weighted by molar-refractivity contribution is 0.668. The van der Waals surface area contributed by atoms with Crippen molar-refractivity contribution in [2.24, 2.45) is 0 Å². The first-order valence-electron chi connectivity index (χ1n) is 18.9. The number of benzene rings is 8. The average Bonchev–Trinajstić information content (AvgIpc) is 3.83. The predicted molar refractivity (Wildman–Crippen MR) is 231 cm³/mol. The SMILES string of the molecule is c1ccc(-c2cc(-c3ccccc3)cc(-c3nc(-c4ccccc4)nc4c3oc3c(-c5cccc(-n6c7ccccc7c7ccccc76)c5)cccc34)c2)cc1. The Hall–Kier alpha value is -7.56. The average molecular weight is 716 g/mol. The molecule has 262 valence electrons. The molecular formula is C52H33N3O. The van der Waals surface area contributed by atoms with Gasteiger partial charge in [-0.2, -0.15) is 0 Å². The summed E-state index contributed by atoms with van der Waals surface area (Å²) in [5, 5.41) is 3.42. The molecule has 0 amide bonds. The van der Waals surface area contributed by atoms with Gasteiger partial charge in [0.15, 0.2) is 11.4 Å². The number of hydrogen-bond donors (Lipinski definition) is 0. The lowest BCUT2D eigenvalue weighted by Gasteiger charge is -2.12. The minimum atomic E-state index is 0.654. The quantitative estimate of drug-likeness (QED) is 0.172. The lowest BCUT2D eigenvalue weighted by Crippen LogP contribution is -1.95. The summed E-state index contributed by atoms with van der Waals surface area (Å²) in [7, 11) is 0. The van der Waals surface area contributed by atoms with E-state index in [2.05, 4.69) is 187 Å². The lowest BCUT2D eigenvalue weighted by atomic mass is 9.94. The number of hydrogen-bond acceptors (Lipinski definition) is 3. The van der Waals surface area contributed by atoms with Crippen LogP contribution in [0.2, 0.25) is 0 Å². The van der Waals surface area contributed by atoms with Crippen molar-refractivity contribution in [2.75, 3.05) is 0 Å². The van der Waals surface area contributed by atoms with Crippen molar-refractivity contribution in [3.8, 4) is 61.7 Å². The number of para-hydroxylation sites is 3. The number of fused-ring (bicyclic) bond motifs is 6. The molecule has 11 rings (SSSR count). The van der Waals surface area contributed by atoms with Gasteiger partial charge in [0, 0.05) is 38.5 Å². The molecular weight excluding hydrogens is 683 g/mol. The van der Waals surface area contributed by atoms with E-state index < -0.39 is 0 Å². The summed E-state index contributed by atoms with van der Waals surface area (Å²) in [6, 6.07) is 70.3. The summed E-state index contributed by atoms with van der Waals surface area (Å²) in [5.74, 6) is 0.654. The van der Waals surface area contributed by atoms with Gasteiger partial charge in [-0.3, -0.25) is 0 Å². The summed E-state index contributed by atoms with van der Waals surface area (Å²) < 4.78 is 9.40. The normalized spacial score (nSPS) is 11.6. The summed E-state index contributed by atoms with van der Waals surface area (Å²) >= 11 is 0. The maximum Gasteiger partial charge on any atom is 0.180 e. The number of rotatable bonds is 6. The molecule has 0 aliphatic rings. The fourth-order valence-electron chi connectivity index (χ4n) is 8.18. The van der Waals surface area contributed by atoms with Gasteiger partial charge < -0.3 is 8.98 Å². The minimum absolute atomic E-state index is 0.654. The van der Waals surface area contributed by atoms with E-state index in [1.807, 2.05) is 18.2 Å². The van der Waals surface area contributed by atoms with Crippen LogP contribution in [0.1, 0.15) is 0 Å². The number of aromatic nitrogens is 3. The molecule has 0 saturated heterocycles. The highest BCUT2D eigenvalue weighted by atomic mass is 16.3. The molecule has 0 atom stereocenters. The Morgan fingerprint density at radius 3 is 1.52 bits per heavy atom. The van der Waals surface area contributed by atoms with Crippen LogP contribution in [0.15, 0.2) is 205 Å². The Balaban J connectivity index is 1.15. The highest BCUT2D eigenvalue weighted by Gasteiger charge is 2.22. The van der Waals surface area contributed by atoms with Crippen molar-refractivity contribution in [2.45, 2.75) is 0 Å². The van der Waals surface area contributed by atoms with Crippen molar-refractivity contribution in [3.63, 3.8) is 0 Å². The first-order chi connectivity index (χ1) is 27.8. The Morgan fingerprint density at radius 1 is 0.357 bits per heavy atom. The number of nitrogens with zero attached hydrogens (tertiary/aromatic N) is 3. The van der Waals surface area contributed by atoms with Crippen molar-refractivity contribution < 1.29 is 4.42 Å². The smallest absolute Gasteiger partial charge is 0.180 e. The van der Waals surface area contributed by atoms with Gasteiger partial charge in [-0.1, -0.05) is 152 Å². The highest BCUT2D eigenvalue weighted by molar-refractivity contribution is 6.12. The van der Waals surface area contributed by atoms with E-state index in [-0.39, 0.29) is 0 Å². The molecule has 0 aliphatic carbocycles. The molecule has 0 saturated carbocycles. The van der Waals surface area contributed by atoms with Crippen LogP contribution in [0.25, 0.3) is 106 Å². The summed E-state index contributed by atoms with van der Waals surface area (Å²) in [5.41, 5.74) is 14.9. The molecule has 0 fully saturated rings. The Morgan fingerprint density at radius 2 is 0.875 bits per heavy atom. The van der Waals surface area contributed by atoms with Crippen LogP contribution in [0.4, 0.5) is 0 Å². The van der Waals surface area contributed by atoms with Crippen LogP contribution in [0, 0.1) is 0 Å². The summed E-state index contributed by atoms with van der Waals surface area (Å²) in [4.78, 5) is 10.5. The van der Waals surface area contributed by atoms with Crippen molar-refractivity contribution >= 4 is 43.9 Å². The Kier molecular flexibility index (Phi) is 7.46. The molecule has 0 radical (unpaired) electrons. The third-order valence-corrected chi connectivity index (χ3v) is 10.8. The maximum absolute atomic E-state index is 7.04. The second-order valence-corrected chi connectivity index (χ2v) is 14.2. The Bertz CT molecular complexity index is 3120. The van der Waals surface area contributed by atoms with Crippen molar-refractivity contribution in [1.82, 2.24) is 14.5 Å².